The topological polar surface area (TPSA) is 61.9 Å². The van der Waals surface area contributed by atoms with Crippen molar-refractivity contribution in [2.75, 3.05) is 38.2 Å². The minimum Gasteiger partial charge on any atom is -0.497 e. The molecular weight excluding hydrogens is 349 g/mol. The van der Waals surface area contributed by atoms with Crippen molar-refractivity contribution in [3.05, 3.63) is 59.9 Å². The third-order valence-corrected chi connectivity index (χ3v) is 4.46. The molecule has 1 heterocycles. The molecule has 1 saturated heterocycles. The first-order valence-electron chi connectivity index (χ1n) is 8.78. The van der Waals surface area contributed by atoms with Crippen LogP contribution in [0, 0.1) is 5.82 Å². The molecule has 1 aliphatic rings. The molecule has 0 radical (unpaired) electrons. The van der Waals surface area contributed by atoms with Crippen molar-refractivity contribution in [2.24, 2.45) is 0 Å². The van der Waals surface area contributed by atoms with Crippen molar-refractivity contribution >= 4 is 17.6 Å². The molecule has 0 atom stereocenters. The summed E-state index contributed by atoms with van der Waals surface area (Å²) in [6, 6.07) is 13.2. The fraction of sp³-hybridized carbons (Fsp3) is 0.300. The van der Waals surface area contributed by atoms with Crippen LogP contribution >= 0.6 is 0 Å². The van der Waals surface area contributed by atoms with Gasteiger partial charge in [-0.2, -0.15) is 0 Å². The maximum Gasteiger partial charge on any atom is 0.325 e. The van der Waals surface area contributed by atoms with E-state index in [2.05, 4.69) is 5.32 Å². The standard InChI is InChI=1S/C20H22FN3O3/c1-27-18-8-2-15(3-9-18)10-11-22-19(25)14-23-12-13-24(20(23)26)17-6-4-16(21)5-7-17/h2-9H,10-14H2,1H3,(H,22,25). The van der Waals surface area contributed by atoms with Crippen LogP contribution in [0.4, 0.5) is 14.9 Å². The van der Waals surface area contributed by atoms with Gasteiger partial charge in [-0.25, -0.2) is 9.18 Å². The molecule has 0 aromatic heterocycles. The Balaban J connectivity index is 1.45. The van der Waals surface area contributed by atoms with Crippen LogP contribution in [0.15, 0.2) is 48.5 Å². The van der Waals surface area contributed by atoms with Crippen LogP contribution in [-0.4, -0.2) is 50.1 Å². The fourth-order valence-electron chi connectivity index (χ4n) is 2.96. The van der Waals surface area contributed by atoms with E-state index in [9.17, 15) is 14.0 Å². The molecule has 0 aliphatic carbocycles. The number of benzene rings is 2. The van der Waals surface area contributed by atoms with E-state index in [0.717, 1.165) is 11.3 Å². The summed E-state index contributed by atoms with van der Waals surface area (Å²) in [6.45, 7) is 1.44. The summed E-state index contributed by atoms with van der Waals surface area (Å²) in [4.78, 5) is 27.6. The molecule has 0 unspecified atom stereocenters. The van der Waals surface area contributed by atoms with Gasteiger partial charge in [-0.1, -0.05) is 12.1 Å². The van der Waals surface area contributed by atoms with E-state index in [1.54, 1.807) is 24.1 Å². The normalized spacial score (nSPS) is 13.8. The van der Waals surface area contributed by atoms with Crippen molar-refractivity contribution in [3.63, 3.8) is 0 Å². The van der Waals surface area contributed by atoms with Gasteiger partial charge in [-0.15, -0.1) is 0 Å². The minimum absolute atomic E-state index is 0.0130. The highest BCUT2D eigenvalue weighted by Crippen LogP contribution is 2.20. The highest BCUT2D eigenvalue weighted by atomic mass is 19.1. The van der Waals surface area contributed by atoms with Gasteiger partial charge in [0, 0.05) is 25.3 Å². The number of urea groups is 1. The molecule has 3 rings (SSSR count). The smallest absolute Gasteiger partial charge is 0.325 e. The lowest BCUT2D eigenvalue weighted by Gasteiger charge is -2.18. The first-order chi connectivity index (χ1) is 13.1. The van der Waals surface area contributed by atoms with Gasteiger partial charge in [0.05, 0.1) is 7.11 Å². The average molecular weight is 371 g/mol. The molecule has 2 aromatic carbocycles. The van der Waals surface area contributed by atoms with Gasteiger partial charge in [0.15, 0.2) is 0 Å². The fourth-order valence-corrected chi connectivity index (χ4v) is 2.96. The zero-order chi connectivity index (χ0) is 19.2. The Hall–Kier alpha value is -3.09. The Labute approximate surface area is 157 Å². The van der Waals surface area contributed by atoms with Gasteiger partial charge in [0.1, 0.15) is 18.1 Å². The first-order valence-corrected chi connectivity index (χ1v) is 8.78. The highest BCUT2D eigenvalue weighted by Gasteiger charge is 2.30. The molecule has 27 heavy (non-hydrogen) atoms. The minimum atomic E-state index is -0.349. The highest BCUT2D eigenvalue weighted by molar-refractivity contribution is 5.96. The number of halogens is 1. The number of methoxy groups -OCH3 is 1. The predicted molar refractivity (Wildman–Crippen MR) is 100 cm³/mol. The molecule has 0 spiro atoms. The van der Waals surface area contributed by atoms with E-state index in [0.29, 0.717) is 31.7 Å². The van der Waals surface area contributed by atoms with E-state index in [1.807, 2.05) is 24.3 Å². The Morgan fingerprint density at radius 3 is 2.48 bits per heavy atom. The maximum atomic E-state index is 13.0. The Morgan fingerprint density at radius 2 is 1.81 bits per heavy atom. The SMILES string of the molecule is COc1ccc(CCNC(=O)CN2CCN(c3ccc(F)cc3)C2=O)cc1. The molecule has 0 bridgehead atoms. The quantitative estimate of drug-likeness (QED) is 0.813. The number of hydrogen-bond donors (Lipinski definition) is 1. The number of nitrogens with zero attached hydrogens (tertiary/aromatic N) is 2. The van der Waals surface area contributed by atoms with Gasteiger partial charge in [-0.05, 0) is 48.4 Å². The predicted octanol–water partition coefficient (Wildman–Crippen LogP) is 2.44. The third-order valence-electron chi connectivity index (χ3n) is 4.46. The molecule has 142 valence electrons. The molecule has 2 aromatic rings. The molecule has 6 nitrogen and oxygen atoms in total. The Kier molecular flexibility index (Phi) is 5.90. The van der Waals surface area contributed by atoms with E-state index < -0.39 is 0 Å². The van der Waals surface area contributed by atoms with Crippen LogP contribution in [0.25, 0.3) is 0 Å². The number of carbonyl (C=O) groups excluding carboxylic acids is 2. The number of ether oxygens (including phenoxy) is 1. The maximum absolute atomic E-state index is 13.0. The van der Waals surface area contributed by atoms with Crippen LogP contribution < -0.4 is 15.0 Å². The molecule has 7 heteroatoms. The number of amides is 3. The molecular formula is C20H22FN3O3. The van der Waals surface area contributed by atoms with Crippen molar-refractivity contribution < 1.29 is 18.7 Å². The zero-order valence-electron chi connectivity index (χ0n) is 15.2. The van der Waals surface area contributed by atoms with Crippen LogP contribution in [0.5, 0.6) is 5.75 Å². The van der Waals surface area contributed by atoms with Crippen LogP contribution in [0.2, 0.25) is 0 Å². The summed E-state index contributed by atoms with van der Waals surface area (Å²) in [5.41, 5.74) is 1.72. The zero-order valence-corrected chi connectivity index (χ0v) is 15.2. The van der Waals surface area contributed by atoms with Crippen molar-refractivity contribution in [2.45, 2.75) is 6.42 Å². The Morgan fingerprint density at radius 1 is 1.11 bits per heavy atom. The van der Waals surface area contributed by atoms with E-state index >= 15 is 0 Å². The number of carbonyl (C=O) groups is 2. The lowest BCUT2D eigenvalue weighted by molar-refractivity contribution is -0.121. The first kappa shape index (κ1) is 18.7. The van der Waals surface area contributed by atoms with Gasteiger partial charge in [0.25, 0.3) is 0 Å². The van der Waals surface area contributed by atoms with E-state index in [-0.39, 0.29) is 24.3 Å². The third kappa shape index (κ3) is 4.75. The molecule has 1 N–H and O–H groups in total. The molecule has 1 fully saturated rings. The van der Waals surface area contributed by atoms with Crippen LogP contribution in [0.1, 0.15) is 5.56 Å². The van der Waals surface area contributed by atoms with Crippen molar-refractivity contribution in [1.82, 2.24) is 10.2 Å². The van der Waals surface area contributed by atoms with Gasteiger partial charge in [-0.3, -0.25) is 9.69 Å². The summed E-state index contributed by atoms with van der Waals surface area (Å²) < 4.78 is 18.1. The molecule has 3 amide bonds. The summed E-state index contributed by atoms with van der Waals surface area (Å²) in [5.74, 6) is 0.248. The van der Waals surface area contributed by atoms with E-state index in [1.165, 1.54) is 17.0 Å². The van der Waals surface area contributed by atoms with Crippen molar-refractivity contribution in [1.29, 1.82) is 0 Å². The number of anilines is 1. The lowest BCUT2D eigenvalue weighted by atomic mass is 10.1. The van der Waals surface area contributed by atoms with Gasteiger partial charge >= 0.3 is 6.03 Å². The summed E-state index contributed by atoms with van der Waals surface area (Å²) in [5, 5.41) is 2.84. The summed E-state index contributed by atoms with van der Waals surface area (Å²) in [7, 11) is 1.62. The van der Waals surface area contributed by atoms with Gasteiger partial charge < -0.3 is 15.0 Å². The van der Waals surface area contributed by atoms with Crippen molar-refractivity contribution in [3.8, 4) is 5.75 Å². The van der Waals surface area contributed by atoms with Gasteiger partial charge in [0.2, 0.25) is 5.91 Å². The molecule has 1 aliphatic heterocycles. The second kappa shape index (κ2) is 8.53. The number of hydrogen-bond acceptors (Lipinski definition) is 3. The summed E-state index contributed by atoms with van der Waals surface area (Å²) in [6.07, 6.45) is 0.700. The summed E-state index contributed by atoms with van der Waals surface area (Å²) >= 11 is 0. The monoisotopic (exact) mass is 371 g/mol. The van der Waals surface area contributed by atoms with Crippen LogP contribution in [-0.2, 0) is 11.2 Å². The lowest BCUT2D eigenvalue weighted by Crippen LogP contribution is -2.40. The average Bonchev–Trinajstić information content (AvgIpc) is 3.03. The van der Waals surface area contributed by atoms with Crippen LogP contribution in [0.3, 0.4) is 0 Å². The number of nitrogens with one attached hydrogen (secondary N) is 1. The van der Waals surface area contributed by atoms with E-state index in [4.69, 9.17) is 4.74 Å². The number of rotatable bonds is 7. The largest absolute Gasteiger partial charge is 0.497 e. The Bertz CT molecular complexity index is 793. The second-order valence-corrected chi connectivity index (χ2v) is 6.28. The second-order valence-electron chi connectivity index (χ2n) is 6.28. The molecule has 0 saturated carbocycles.